The van der Waals surface area contributed by atoms with Crippen LogP contribution in [0.2, 0.25) is 0 Å². The van der Waals surface area contributed by atoms with E-state index in [4.69, 9.17) is 9.47 Å². The van der Waals surface area contributed by atoms with E-state index in [1.165, 1.54) is 0 Å². The summed E-state index contributed by atoms with van der Waals surface area (Å²) in [7, 11) is 0. The molecule has 1 aromatic carbocycles. The van der Waals surface area contributed by atoms with E-state index in [0.717, 1.165) is 18.6 Å². The molecule has 0 aromatic heterocycles. The maximum Gasteiger partial charge on any atom is 0.308 e. The Morgan fingerprint density at radius 1 is 1.18 bits per heavy atom. The lowest BCUT2D eigenvalue weighted by Crippen LogP contribution is -2.24. The second kappa shape index (κ2) is 7.71. The second-order valence-electron chi connectivity index (χ2n) is 3.89. The normalized spacial score (nSPS) is 11.9. The van der Waals surface area contributed by atoms with Crippen molar-refractivity contribution in [1.29, 1.82) is 0 Å². The molecule has 3 nitrogen and oxygen atoms in total. The fourth-order valence-electron chi connectivity index (χ4n) is 1.44. The minimum atomic E-state index is -0.471. The van der Waals surface area contributed by atoms with Crippen LogP contribution in [0.5, 0.6) is 5.75 Å². The molecule has 0 N–H and O–H groups in total. The highest BCUT2D eigenvalue weighted by atomic mass is 16.7. The fourth-order valence-corrected chi connectivity index (χ4v) is 1.44. The van der Waals surface area contributed by atoms with Crippen molar-refractivity contribution in [2.45, 2.75) is 45.8 Å². The second-order valence-corrected chi connectivity index (χ2v) is 3.89. The SMILES string of the molecule is CCCC(=O)OC(CCC)Oc1ccccc1. The van der Waals surface area contributed by atoms with Crippen LogP contribution in [0.1, 0.15) is 39.5 Å². The molecule has 1 rings (SSSR count). The quantitative estimate of drug-likeness (QED) is 0.536. The molecule has 0 saturated carbocycles. The lowest BCUT2D eigenvalue weighted by molar-refractivity contribution is -0.164. The van der Waals surface area contributed by atoms with Gasteiger partial charge in [0.25, 0.3) is 0 Å². The molecule has 17 heavy (non-hydrogen) atoms. The Morgan fingerprint density at radius 3 is 2.47 bits per heavy atom. The number of rotatable bonds is 7. The van der Waals surface area contributed by atoms with Crippen molar-refractivity contribution in [1.82, 2.24) is 0 Å². The number of esters is 1. The van der Waals surface area contributed by atoms with Gasteiger partial charge in [0.05, 0.1) is 0 Å². The summed E-state index contributed by atoms with van der Waals surface area (Å²) in [6.45, 7) is 3.99. The van der Waals surface area contributed by atoms with Crippen molar-refractivity contribution in [3.8, 4) is 5.75 Å². The van der Waals surface area contributed by atoms with E-state index in [1.807, 2.05) is 44.2 Å². The Labute approximate surface area is 103 Å². The summed E-state index contributed by atoms with van der Waals surface area (Å²) in [5, 5.41) is 0. The summed E-state index contributed by atoms with van der Waals surface area (Å²) < 4.78 is 10.9. The van der Waals surface area contributed by atoms with Gasteiger partial charge in [0.2, 0.25) is 6.29 Å². The number of para-hydroxylation sites is 1. The average Bonchev–Trinajstić information content (AvgIpc) is 2.31. The van der Waals surface area contributed by atoms with Gasteiger partial charge in [-0.15, -0.1) is 0 Å². The van der Waals surface area contributed by atoms with Gasteiger partial charge in [0.1, 0.15) is 5.75 Å². The third-order valence-electron chi connectivity index (χ3n) is 2.25. The number of ether oxygens (including phenoxy) is 2. The first-order valence-electron chi connectivity index (χ1n) is 6.17. The molecule has 0 spiro atoms. The van der Waals surface area contributed by atoms with Crippen LogP contribution in [0.4, 0.5) is 0 Å². The minimum Gasteiger partial charge on any atom is -0.455 e. The number of hydrogen-bond donors (Lipinski definition) is 0. The van der Waals surface area contributed by atoms with Gasteiger partial charge in [-0.05, 0) is 25.0 Å². The first kappa shape index (κ1) is 13.6. The predicted octanol–water partition coefficient (Wildman–Crippen LogP) is 3.53. The minimum absolute atomic E-state index is 0.193. The average molecular weight is 236 g/mol. The molecule has 0 heterocycles. The molecule has 0 bridgehead atoms. The molecule has 0 saturated heterocycles. The molecule has 0 aliphatic rings. The number of benzene rings is 1. The standard InChI is InChI=1S/C14H20O3/c1-3-8-13(15)17-14(9-4-2)16-12-10-6-5-7-11-12/h5-7,10-11,14H,3-4,8-9H2,1-2H3. The summed E-state index contributed by atoms with van der Waals surface area (Å²) in [5.74, 6) is 0.539. The Hall–Kier alpha value is -1.51. The molecule has 1 atom stereocenters. The monoisotopic (exact) mass is 236 g/mol. The van der Waals surface area contributed by atoms with E-state index >= 15 is 0 Å². The van der Waals surface area contributed by atoms with Crippen molar-refractivity contribution in [3.63, 3.8) is 0 Å². The van der Waals surface area contributed by atoms with Crippen LogP contribution in [0, 0.1) is 0 Å². The molecule has 0 amide bonds. The van der Waals surface area contributed by atoms with Gasteiger partial charge in [-0.2, -0.15) is 0 Å². The van der Waals surface area contributed by atoms with Crippen molar-refractivity contribution < 1.29 is 14.3 Å². The van der Waals surface area contributed by atoms with Crippen LogP contribution >= 0.6 is 0 Å². The summed E-state index contributed by atoms with van der Waals surface area (Å²) in [5.41, 5.74) is 0. The lowest BCUT2D eigenvalue weighted by atomic mass is 10.3. The van der Waals surface area contributed by atoms with Gasteiger partial charge < -0.3 is 9.47 Å². The zero-order chi connectivity index (χ0) is 12.5. The van der Waals surface area contributed by atoms with Gasteiger partial charge in [-0.25, -0.2) is 0 Å². The van der Waals surface area contributed by atoms with E-state index in [0.29, 0.717) is 12.8 Å². The Kier molecular flexibility index (Phi) is 6.15. The van der Waals surface area contributed by atoms with E-state index in [-0.39, 0.29) is 5.97 Å². The molecular formula is C14H20O3. The van der Waals surface area contributed by atoms with Crippen LogP contribution in [-0.4, -0.2) is 12.3 Å². The largest absolute Gasteiger partial charge is 0.455 e. The summed E-state index contributed by atoms with van der Waals surface area (Å²) in [6.07, 6.45) is 2.39. The van der Waals surface area contributed by atoms with Crippen molar-refractivity contribution in [2.24, 2.45) is 0 Å². The molecule has 0 radical (unpaired) electrons. The topological polar surface area (TPSA) is 35.5 Å². The van der Waals surface area contributed by atoms with Crippen molar-refractivity contribution in [3.05, 3.63) is 30.3 Å². The maximum absolute atomic E-state index is 11.4. The van der Waals surface area contributed by atoms with E-state index in [1.54, 1.807) is 0 Å². The molecule has 1 unspecified atom stereocenters. The van der Waals surface area contributed by atoms with Gasteiger partial charge >= 0.3 is 5.97 Å². The molecular weight excluding hydrogens is 216 g/mol. The summed E-state index contributed by atoms with van der Waals surface area (Å²) in [6, 6.07) is 9.43. The highest BCUT2D eigenvalue weighted by molar-refractivity contribution is 5.69. The van der Waals surface area contributed by atoms with Gasteiger partial charge in [-0.3, -0.25) is 4.79 Å². The molecule has 0 aliphatic heterocycles. The van der Waals surface area contributed by atoms with Gasteiger partial charge in [0, 0.05) is 12.8 Å². The highest BCUT2D eigenvalue weighted by Crippen LogP contribution is 2.15. The Bertz CT molecular complexity index is 321. The van der Waals surface area contributed by atoms with Crippen LogP contribution in [0.25, 0.3) is 0 Å². The van der Waals surface area contributed by atoms with E-state index in [9.17, 15) is 4.79 Å². The molecule has 94 valence electrons. The van der Waals surface area contributed by atoms with E-state index in [2.05, 4.69) is 0 Å². The maximum atomic E-state index is 11.4. The molecule has 0 fully saturated rings. The third kappa shape index (κ3) is 5.38. The van der Waals surface area contributed by atoms with Crippen molar-refractivity contribution >= 4 is 5.97 Å². The Morgan fingerprint density at radius 2 is 1.88 bits per heavy atom. The third-order valence-corrected chi connectivity index (χ3v) is 2.25. The molecule has 0 aliphatic carbocycles. The summed E-state index contributed by atoms with van der Waals surface area (Å²) >= 11 is 0. The zero-order valence-electron chi connectivity index (χ0n) is 10.5. The lowest BCUT2D eigenvalue weighted by Gasteiger charge is -2.18. The first-order chi connectivity index (χ1) is 8.26. The fraction of sp³-hybridized carbons (Fsp3) is 0.500. The zero-order valence-corrected chi connectivity index (χ0v) is 10.5. The van der Waals surface area contributed by atoms with E-state index < -0.39 is 6.29 Å². The van der Waals surface area contributed by atoms with Crippen LogP contribution in [-0.2, 0) is 9.53 Å². The molecule has 1 aromatic rings. The number of carbonyl (C=O) groups is 1. The van der Waals surface area contributed by atoms with Gasteiger partial charge in [-0.1, -0.05) is 32.0 Å². The van der Waals surface area contributed by atoms with Crippen LogP contribution in [0.3, 0.4) is 0 Å². The van der Waals surface area contributed by atoms with Crippen molar-refractivity contribution in [2.75, 3.05) is 0 Å². The molecule has 3 heteroatoms. The highest BCUT2D eigenvalue weighted by Gasteiger charge is 2.14. The Balaban J connectivity index is 2.51. The van der Waals surface area contributed by atoms with Crippen LogP contribution in [0.15, 0.2) is 30.3 Å². The first-order valence-corrected chi connectivity index (χ1v) is 6.17. The summed E-state index contributed by atoms with van der Waals surface area (Å²) in [4.78, 5) is 11.4. The predicted molar refractivity (Wildman–Crippen MR) is 66.8 cm³/mol. The number of carbonyl (C=O) groups excluding carboxylic acids is 1. The van der Waals surface area contributed by atoms with Crippen LogP contribution < -0.4 is 4.74 Å². The van der Waals surface area contributed by atoms with Gasteiger partial charge in [0.15, 0.2) is 0 Å². The smallest absolute Gasteiger partial charge is 0.308 e. The number of hydrogen-bond acceptors (Lipinski definition) is 3.